The van der Waals surface area contributed by atoms with E-state index in [1.54, 1.807) is 41.3 Å². The Morgan fingerprint density at radius 3 is 2.28 bits per heavy atom. The maximum Gasteiger partial charge on any atom is 0.289 e. The first-order chi connectivity index (χ1) is 13.8. The monoisotopic (exact) mass is 421 g/mol. The summed E-state index contributed by atoms with van der Waals surface area (Å²) in [5.41, 5.74) is 0. The van der Waals surface area contributed by atoms with E-state index in [1.807, 2.05) is 6.92 Å². The van der Waals surface area contributed by atoms with Gasteiger partial charge in [0, 0.05) is 46.8 Å². The van der Waals surface area contributed by atoms with Crippen molar-refractivity contribution in [3.8, 4) is 5.75 Å². The molecule has 1 fully saturated rings. The van der Waals surface area contributed by atoms with Crippen molar-refractivity contribution in [2.75, 3.05) is 53.4 Å². The van der Waals surface area contributed by atoms with Gasteiger partial charge in [0.25, 0.3) is 5.91 Å². The van der Waals surface area contributed by atoms with Gasteiger partial charge in [-0.2, -0.15) is 0 Å². The Hall–Kier alpha value is -2.36. The van der Waals surface area contributed by atoms with Crippen molar-refractivity contribution in [3.63, 3.8) is 0 Å². The molecule has 0 radical (unpaired) electrons. The lowest BCUT2D eigenvalue weighted by atomic mass is 10.3. The number of rotatable bonds is 7. The number of nitrogens with zero attached hydrogens (tertiary/aromatic N) is 3. The van der Waals surface area contributed by atoms with Crippen molar-refractivity contribution in [1.29, 1.82) is 0 Å². The lowest BCUT2D eigenvalue weighted by Gasteiger charge is -2.34. The standard InChI is InChI=1S/C20H27N3O5S/c1-16-4-9-19(28-16)20(24)23-12-10-22(11-13-23)14-15-27-17-5-7-18(8-6-17)29(25,26)21(2)3/h4-9H,10-15H2,1-3H3. The molecule has 0 atom stereocenters. The van der Waals surface area contributed by atoms with Crippen LogP contribution in [0, 0.1) is 6.92 Å². The Morgan fingerprint density at radius 1 is 1.07 bits per heavy atom. The van der Waals surface area contributed by atoms with E-state index in [9.17, 15) is 13.2 Å². The Kier molecular flexibility index (Phi) is 6.61. The second-order valence-corrected chi connectivity index (χ2v) is 9.30. The summed E-state index contributed by atoms with van der Waals surface area (Å²) in [4.78, 5) is 16.7. The van der Waals surface area contributed by atoms with Crippen LogP contribution in [0.15, 0.2) is 45.7 Å². The molecule has 9 heteroatoms. The molecule has 1 aromatic carbocycles. The van der Waals surface area contributed by atoms with Gasteiger partial charge in [0.05, 0.1) is 4.90 Å². The molecule has 0 unspecified atom stereocenters. The van der Waals surface area contributed by atoms with Crippen LogP contribution in [0.3, 0.4) is 0 Å². The number of hydrogen-bond acceptors (Lipinski definition) is 6. The molecule has 29 heavy (non-hydrogen) atoms. The number of hydrogen-bond donors (Lipinski definition) is 0. The van der Waals surface area contributed by atoms with Crippen LogP contribution in [0.1, 0.15) is 16.3 Å². The maximum absolute atomic E-state index is 12.4. The molecule has 8 nitrogen and oxygen atoms in total. The van der Waals surface area contributed by atoms with Gasteiger partial charge in [-0.05, 0) is 43.3 Å². The Bertz CT molecular complexity index is 929. The van der Waals surface area contributed by atoms with E-state index >= 15 is 0 Å². The first-order valence-electron chi connectivity index (χ1n) is 9.51. The number of piperazine rings is 1. The third kappa shape index (κ3) is 5.17. The normalized spacial score (nSPS) is 15.7. The third-order valence-corrected chi connectivity index (χ3v) is 6.72. The van der Waals surface area contributed by atoms with E-state index in [1.165, 1.54) is 18.4 Å². The van der Waals surface area contributed by atoms with Gasteiger partial charge in [0.2, 0.25) is 10.0 Å². The SMILES string of the molecule is Cc1ccc(C(=O)N2CCN(CCOc3ccc(S(=O)(=O)N(C)C)cc3)CC2)o1. The van der Waals surface area contributed by atoms with Crippen LogP contribution in [-0.4, -0.2) is 81.9 Å². The number of aryl methyl sites for hydroxylation is 1. The van der Waals surface area contributed by atoms with Crippen molar-refractivity contribution >= 4 is 15.9 Å². The van der Waals surface area contributed by atoms with Crippen LogP contribution in [0.2, 0.25) is 0 Å². The number of furan rings is 1. The van der Waals surface area contributed by atoms with Gasteiger partial charge >= 0.3 is 0 Å². The van der Waals surface area contributed by atoms with Crippen LogP contribution < -0.4 is 4.74 Å². The van der Waals surface area contributed by atoms with Gasteiger partial charge in [-0.25, -0.2) is 12.7 Å². The van der Waals surface area contributed by atoms with Crippen molar-refractivity contribution < 1.29 is 22.4 Å². The highest BCUT2D eigenvalue weighted by molar-refractivity contribution is 7.89. The van der Waals surface area contributed by atoms with Crippen LogP contribution in [0.5, 0.6) is 5.75 Å². The smallest absolute Gasteiger partial charge is 0.289 e. The Morgan fingerprint density at radius 2 is 1.72 bits per heavy atom. The number of carbonyl (C=O) groups excluding carboxylic acids is 1. The maximum atomic E-state index is 12.4. The highest BCUT2D eigenvalue weighted by Gasteiger charge is 2.24. The highest BCUT2D eigenvalue weighted by atomic mass is 32.2. The Balaban J connectivity index is 1.42. The molecule has 1 aromatic heterocycles. The van der Waals surface area contributed by atoms with Crippen LogP contribution in [-0.2, 0) is 10.0 Å². The molecular weight excluding hydrogens is 394 g/mol. The molecule has 0 spiro atoms. The summed E-state index contributed by atoms with van der Waals surface area (Å²) in [5.74, 6) is 1.68. The molecule has 0 N–H and O–H groups in total. The van der Waals surface area contributed by atoms with Gasteiger partial charge < -0.3 is 14.1 Å². The molecule has 0 bridgehead atoms. The molecular formula is C20H27N3O5S. The number of benzene rings is 1. The molecule has 2 heterocycles. The summed E-state index contributed by atoms with van der Waals surface area (Å²) in [7, 11) is -0.426. The predicted octanol–water partition coefficient (Wildman–Crippen LogP) is 1.68. The van der Waals surface area contributed by atoms with Gasteiger partial charge in [-0.1, -0.05) is 0 Å². The number of amides is 1. The summed E-state index contributed by atoms with van der Waals surface area (Å²) in [6, 6.07) is 9.93. The molecule has 2 aromatic rings. The summed E-state index contributed by atoms with van der Waals surface area (Å²) in [5, 5.41) is 0. The predicted molar refractivity (Wildman–Crippen MR) is 109 cm³/mol. The Labute approximate surface area is 171 Å². The van der Waals surface area contributed by atoms with E-state index in [4.69, 9.17) is 9.15 Å². The lowest BCUT2D eigenvalue weighted by molar-refractivity contribution is 0.0589. The minimum atomic E-state index is -3.43. The van der Waals surface area contributed by atoms with E-state index in [-0.39, 0.29) is 10.8 Å². The number of carbonyl (C=O) groups is 1. The molecule has 1 amide bonds. The minimum Gasteiger partial charge on any atom is -0.492 e. The van der Waals surface area contributed by atoms with Crippen LogP contribution >= 0.6 is 0 Å². The van der Waals surface area contributed by atoms with Crippen molar-refractivity contribution in [3.05, 3.63) is 47.9 Å². The summed E-state index contributed by atoms with van der Waals surface area (Å²) in [6.45, 7) is 5.89. The van der Waals surface area contributed by atoms with E-state index in [2.05, 4.69) is 4.90 Å². The largest absolute Gasteiger partial charge is 0.492 e. The zero-order valence-electron chi connectivity index (χ0n) is 17.0. The topological polar surface area (TPSA) is 83.3 Å². The van der Waals surface area contributed by atoms with Gasteiger partial charge in [0.15, 0.2) is 5.76 Å². The molecule has 1 saturated heterocycles. The zero-order chi connectivity index (χ0) is 21.0. The molecule has 1 aliphatic rings. The van der Waals surface area contributed by atoms with Crippen molar-refractivity contribution in [1.82, 2.24) is 14.1 Å². The van der Waals surface area contributed by atoms with Gasteiger partial charge in [-0.15, -0.1) is 0 Å². The summed E-state index contributed by atoms with van der Waals surface area (Å²) >= 11 is 0. The highest BCUT2D eigenvalue weighted by Crippen LogP contribution is 2.18. The first kappa shape index (κ1) is 21.4. The second-order valence-electron chi connectivity index (χ2n) is 7.15. The summed E-state index contributed by atoms with van der Waals surface area (Å²) < 4.78 is 36.5. The van der Waals surface area contributed by atoms with Crippen LogP contribution in [0.4, 0.5) is 0 Å². The van der Waals surface area contributed by atoms with E-state index < -0.39 is 10.0 Å². The molecule has 3 rings (SSSR count). The molecule has 0 saturated carbocycles. The fourth-order valence-corrected chi connectivity index (χ4v) is 3.99. The van der Waals surface area contributed by atoms with Crippen LogP contribution in [0.25, 0.3) is 0 Å². The fourth-order valence-electron chi connectivity index (χ4n) is 3.09. The van der Waals surface area contributed by atoms with E-state index in [0.29, 0.717) is 31.2 Å². The average molecular weight is 422 g/mol. The lowest BCUT2D eigenvalue weighted by Crippen LogP contribution is -2.49. The average Bonchev–Trinajstić information content (AvgIpc) is 3.14. The third-order valence-electron chi connectivity index (χ3n) is 4.89. The van der Waals surface area contributed by atoms with E-state index in [0.717, 1.165) is 25.4 Å². The fraction of sp³-hybridized carbons (Fsp3) is 0.450. The first-order valence-corrected chi connectivity index (χ1v) is 10.9. The summed E-state index contributed by atoms with van der Waals surface area (Å²) in [6.07, 6.45) is 0. The minimum absolute atomic E-state index is 0.0678. The zero-order valence-corrected chi connectivity index (χ0v) is 17.8. The number of sulfonamides is 1. The van der Waals surface area contributed by atoms with Gasteiger partial charge in [0.1, 0.15) is 18.1 Å². The van der Waals surface area contributed by atoms with Gasteiger partial charge in [-0.3, -0.25) is 9.69 Å². The quantitative estimate of drug-likeness (QED) is 0.676. The molecule has 0 aliphatic carbocycles. The van der Waals surface area contributed by atoms with Crippen molar-refractivity contribution in [2.24, 2.45) is 0 Å². The molecule has 1 aliphatic heterocycles. The molecule has 158 valence electrons. The number of ether oxygens (including phenoxy) is 1. The second kappa shape index (κ2) is 8.98. The van der Waals surface area contributed by atoms with Crippen molar-refractivity contribution in [2.45, 2.75) is 11.8 Å².